The summed E-state index contributed by atoms with van der Waals surface area (Å²) in [5.74, 6) is 0.414. The third-order valence-electron chi connectivity index (χ3n) is 3.14. The Balaban J connectivity index is 2.57. The molecule has 5 heteroatoms. The zero-order valence-electron chi connectivity index (χ0n) is 10.8. The molecule has 1 aliphatic rings. The molecule has 0 aromatic rings. The van der Waals surface area contributed by atoms with Crippen molar-refractivity contribution in [2.75, 3.05) is 26.2 Å². The fourth-order valence-electron chi connectivity index (χ4n) is 1.92. The number of hydrogen-bond acceptors (Lipinski definition) is 3. The van der Waals surface area contributed by atoms with E-state index in [0.717, 1.165) is 19.5 Å². The van der Waals surface area contributed by atoms with Crippen LogP contribution in [0.3, 0.4) is 0 Å². The van der Waals surface area contributed by atoms with Crippen LogP contribution in [0.25, 0.3) is 0 Å². The van der Waals surface area contributed by atoms with E-state index in [1.807, 2.05) is 18.7 Å². The topological polar surface area (TPSA) is 40.6 Å². The molecule has 0 bridgehead atoms. The Bertz CT molecular complexity index is 294. The Morgan fingerprint density at radius 3 is 2.12 bits per heavy atom. The lowest BCUT2D eigenvalue weighted by Crippen LogP contribution is -2.41. The molecule has 0 radical (unpaired) electrons. The second kappa shape index (κ2) is 6.28. The van der Waals surface area contributed by atoms with Crippen molar-refractivity contribution in [3.63, 3.8) is 0 Å². The minimum atomic E-state index is -0.237. The lowest BCUT2D eigenvalue weighted by Gasteiger charge is -2.25. The van der Waals surface area contributed by atoms with Gasteiger partial charge >= 0.3 is 0 Å². The van der Waals surface area contributed by atoms with E-state index in [1.54, 1.807) is 11.8 Å². The zero-order valence-corrected chi connectivity index (χ0v) is 11.7. The molecular formula is C12H22N2O2S. The monoisotopic (exact) mass is 258 g/mol. The highest BCUT2D eigenvalue weighted by atomic mass is 32.1. The molecule has 2 amide bonds. The van der Waals surface area contributed by atoms with Gasteiger partial charge in [0, 0.05) is 33.1 Å². The van der Waals surface area contributed by atoms with E-state index < -0.39 is 0 Å². The predicted molar refractivity (Wildman–Crippen MR) is 71.1 cm³/mol. The molecule has 0 aromatic heterocycles. The molecule has 0 N–H and O–H groups in total. The fraction of sp³-hybridized carbons (Fsp3) is 0.833. The fourth-order valence-corrected chi connectivity index (χ4v) is 2.09. The summed E-state index contributed by atoms with van der Waals surface area (Å²) in [6.07, 6.45) is 0.851. The molecule has 0 aliphatic carbocycles. The summed E-state index contributed by atoms with van der Waals surface area (Å²) in [6, 6.07) is 0. The molecule has 0 aromatic carbocycles. The molecule has 1 fully saturated rings. The van der Waals surface area contributed by atoms with Gasteiger partial charge in [-0.3, -0.25) is 9.59 Å². The van der Waals surface area contributed by atoms with Crippen LogP contribution < -0.4 is 0 Å². The molecule has 17 heavy (non-hydrogen) atoms. The number of carbonyl (C=O) groups excluding carboxylic acids is 2. The minimum absolute atomic E-state index is 0.0885. The van der Waals surface area contributed by atoms with Crippen molar-refractivity contribution in [2.24, 2.45) is 5.92 Å². The zero-order chi connectivity index (χ0) is 13.0. The van der Waals surface area contributed by atoms with E-state index in [1.165, 1.54) is 0 Å². The molecule has 1 unspecified atom stereocenters. The Morgan fingerprint density at radius 2 is 1.59 bits per heavy atom. The SMILES string of the molecule is CC(=O)N1CCCN(C(=O)C(S)C(C)C)CC1. The number of rotatable bonds is 2. The largest absolute Gasteiger partial charge is 0.341 e. The van der Waals surface area contributed by atoms with Gasteiger partial charge in [0.1, 0.15) is 0 Å². The Morgan fingerprint density at radius 1 is 1.06 bits per heavy atom. The first kappa shape index (κ1) is 14.4. The highest BCUT2D eigenvalue weighted by molar-refractivity contribution is 7.81. The second-order valence-electron chi connectivity index (χ2n) is 4.87. The summed E-state index contributed by atoms with van der Waals surface area (Å²) in [4.78, 5) is 27.0. The van der Waals surface area contributed by atoms with Crippen LogP contribution in [0.15, 0.2) is 0 Å². The standard InChI is InChI=1S/C12H22N2O2S/c1-9(2)11(17)12(16)14-6-4-5-13(7-8-14)10(3)15/h9,11,17H,4-8H2,1-3H3. The maximum Gasteiger partial charge on any atom is 0.235 e. The van der Waals surface area contributed by atoms with Gasteiger partial charge in [-0.1, -0.05) is 13.8 Å². The Hall–Kier alpha value is -0.710. The molecule has 0 spiro atoms. The smallest absolute Gasteiger partial charge is 0.235 e. The van der Waals surface area contributed by atoms with Gasteiger partial charge in [-0.25, -0.2) is 0 Å². The van der Waals surface area contributed by atoms with Crippen molar-refractivity contribution in [3.05, 3.63) is 0 Å². The van der Waals surface area contributed by atoms with E-state index in [9.17, 15) is 9.59 Å². The lowest BCUT2D eigenvalue weighted by molar-refractivity contribution is -0.132. The van der Waals surface area contributed by atoms with Crippen LogP contribution in [0, 0.1) is 5.92 Å². The van der Waals surface area contributed by atoms with Crippen LogP contribution in [-0.4, -0.2) is 53.0 Å². The van der Waals surface area contributed by atoms with Crippen molar-refractivity contribution in [1.29, 1.82) is 0 Å². The molecular weight excluding hydrogens is 236 g/mol. The Labute approximate surface area is 109 Å². The molecule has 98 valence electrons. The number of carbonyl (C=O) groups is 2. The van der Waals surface area contributed by atoms with Gasteiger partial charge in [-0.15, -0.1) is 0 Å². The average molecular weight is 258 g/mol. The molecule has 1 saturated heterocycles. The van der Waals surface area contributed by atoms with Gasteiger partial charge in [0.25, 0.3) is 0 Å². The molecule has 1 aliphatic heterocycles. The molecule has 1 heterocycles. The van der Waals surface area contributed by atoms with Gasteiger partial charge in [-0.2, -0.15) is 12.6 Å². The molecule has 4 nitrogen and oxygen atoms in total. The summed E-state index contributed by atoms with van der Waals surface area (Å²) in [6.45, 7) is 8.31. The van der Waals surface area contributed by atoms with Gasteiger partial charge in [0.05, 0.1) is 5.25 Å². The van der Waals surface area contributed by atoms with Crippen molar-refractivity contribution in [1.82, 2.24) is 9.80 Å². The van der Waals surface area contributed by atoms with Gasteiger partial charge < -0.3 is 9.80 Å². The van der Waals surface area contributed by atoms with E-state index in [-0.39, 0.29) is 23.0 Å². The second-order valence-corrected chi connectivity index (χ2v) is 5.43. The number of hydrogen-bond donors (Lipinski definition) is 1. The Kier molecular flexibility index (Phi) is 5.31. The maximum atomic E-state index is 12.1. The summed E-state index contributed by atoms with van der Waals surface area (Å²) in [5.41, 5.74) is 0. The third-order valence-corrected chi connectivity index (χ3v) is 3.95. The van der Waals surface area contributed by atoms with Crippen LogP contribution >= 0.6 is 12.6 Å². The van der Waals surface area contributed by atoms with Crippen molar-refractivity contribution in [2.45, 2.75) is 32.4 Å². The first-order valence-electron chi connectivity index (χ1n) is 6.16. The number of amides is 2. The summed E-state index contributed by atoms with van der Waals surface area (Å²) < 4.78 is 0. The van der Waals surface area contributed by atoms with Gasteiger partial charge in [0.15, 0.2) is 0 Å². The third kappa shape index (κ3) is 3.91. The molecule has 1 rings (SSSR count). The van der Waals surface area contributed by atoms with Crippen molar-refractivity contribution < 1.29 is 9.59 Å². The quantitative estimate of drug-likeness (QED) is 0.751. The van der Waals surface area contributed by atoms with Crippen LogP contribution in [0.5, 0.6) is 0 Å². The number of thiol groups is 1. The molecule has 1 atom stereocenters. The van der Waals surface area contributed by atoms with E-state index in [2.05, 4.69) is 12.6 Å². The summed E-state index contributed by atoms with van der Waals surface area (Å²) in [5, 5.41) is -0.237. The van der Waals surface area contributed by atoms with Gasteiger partial charge in [-0.05, 0) is 12.3 Å². The average Bonchev–Trinajstić information content (AvgIpc) is 2.52. The van der Waals surface area contributed by atoms with Crippen LogP contribution in [-0.2, 0) is 9.59 Å². The van der Waals surface area contributed by atoms with Gasteiger partial charge in [0.2, 0.25) is 11.8 Å². The highest BCUT2D eigenvalue weighted by Gasteiger charge is 2.26. The maximum absolute atomic E-state index is 12.1. The minimum Gasteiger partial charge on any atom is -0.341 e. The van der Waals surface area contributed by atoms with Crippen LogP contribution in [0.2, 0.25) is 0 Å². The normalized spacial score (nSPS) is 19.1. The van der Waals surface area contributed by atoms with E-state index in [4.69, 9.17) is 0 Å². The molecule has 0 saturated carbocycles. The number of nitrogens with zero attached hydrogens (tertiary/aromatic N) is 2. The lowest BCUT2D eigenvalue weighted by atomic mass is 10.1. The van der Waals surface area contributed by atoms with Crippen molar-refractivity contribution in [3.8, 4) is 0 Å². The van der Waals surface area contributed by atoms with E-state index >= 15 is 0 Å². The van der Waals surface area contributed by atoms with Crippen LogP contribution in [0.1, 0.15) is 27.2 Å². The van der Waals surface area contributed by atoms with E-state index in [0.29, 0.717) is 13.1 Å². The van der Waals surface area contributed by atoms with Crippen molar-refractivity contribution >= 4 is 24.4 Å². The summed E-state index contributed by atoms with van der Waals surface area (Å²) >= 11 is 4.36. The first-order valence-corrected chi connectivity index (χ1v) is 6.67. The first-order chi connectivity index (χ1) is 7.93. The van der Waals surface area contributed by atoms with Crippen LogP contribution in [0.4, 0.5) is 0 Å². The highest BCUT2D eigenvalue weighted by Crippen LogP contribution is 2.14. The summed E-state index contributed by atoms with van der Waals surface area (Å²) in [7, 11) is 0. The predicted octanol–water partition coefficient (Wildman–Crippen LogP) is 1.02.